The van der Waals surface area contributed by atoms with Crippen molar-refractivity contribution < 1.29 is 14.3 Å². The number of halogens is 1. The minimum atomic E-state index is -0.833. The van der Waals surface area contributed by atoms with Crippen molar-refractivity contribution in [2.75, 3.05) is 48.8 Å². The lowest BCUT2D eigenvalue weighted by Gasteiger charge is -2.35. The highest BCUT2D eigenvalue weighted by molar-refractivity contribution is 7.99. The fraction of sp³-hybridized carbons (Fsp3) is 0.469. The second-order valence-electron chi connectivity index (χ2n) is 11.5. The molecule has 1 atom stereocenters. The first kappa shape index (κ1) is 32.5. The number of pyridine rings is 2. The Morgan fingerprint density at radius 1 is 1.16 bits per heavy atom. The fourth-order valence-corrected chi connectivity index (χ4v) is 7.78. The van der Waals surface area contributed by atoms with E-state index >= 15 is 0 Å². The molecule has 0 spiro atoms. The summed E-state index contributed by atoms with van der Waals surface area (Å²) >= 11 is 3.46. The second kappa shape index (κ2) is 13.6. The molecule has 236 valence electrons. The van der Waals surface area contributed by atoms with E-state index in [1.165, 1.54) is 11.8 Å². The molecule has 0 radical (unpaired) electrons. The van der Waals surface area contributed by atoms with E-state index in [0.717, 1.165) is 78.1 Å². The smallest absolute Gasteiger partial charge is 0.254 e. The van der Waals surface area contributed by atoms with Gasteiger partial charge in [-0.2, -0.15) is 11.8 Å². The highest BCUT2D eigenvalue weighted by atomic mass is 35.5. The first-order valence-corrected chi connectivity index (χ1v) is 17.3. The summed E-state index contributed by atoms with van der Waals surface area (Å²) in [5.41, 5.74) is 3.97. The fourth-order valence-electron chi connectivity index (χ4n) is 6.17. The number of hydrogen-bond acceptors (Lipinski definition) is 9. The van der Waals surface area contributed by atoms with Gasteiger partial charge in [0.2, 0.25) is 0 Å². The molecule has 0 bridgehead atoms. The Bertz CT molecular complexity index is 1570. The summed E-state index contributed by atoms with van der Waals surface area (Å²) in [5.74, 6) is 3.50. The van der Waals surface area contributed by atoms with Crippen molar-refractivity contribution in [1.29, 1.82) is 0 Å². The molecular weight excluding hydrogens is 618 g/mol. The molecule has 1 amide bonds. The van der Waals surface area contributed by atoms with Crippen LogP contribution in [-0.4, -0.2) is 65.6 Å². The van der Waals surface area contributed by atoms with Crippen molar-refractivity contribution in [2.24, 2.45) is 5.92 Å². The van der Waals surface area contributed by atoms with Crippen LogP contribution in [0.1, 0.15) is 46.9 Å². The number of thioether (sulfide) groups is 2. The number of aryl methyl sites for hydroxylation is 1. The average molecular weight is 658 g/mol. The Hall–Kier alpha value is -2.86. The number of benzene rings is 1. The van der Waals surface area contributed by atoms with Gasteiger partial charge in [0.1, 0.15) is 5.82 Å². The van der Waals surface area contributed by atoms with Crippen LogP contribution in [0.3, 0.4) is 0 Å². The van der Waals surface area contributed by atoms with Crippen LogP contribution in [0, 0.1) is 19.8 Å². The topological polar surface area (TPSA) is 109 Å². The summed E-state index contributed by atoms with van der Waals surface area (Å²) in [6, 6.07) is 7.91. The van der Waals surface area contributed by atoms with Gasteiger partial charge in [0.25, 0.3) is 17.3 Å². The monoisotopic (exact) mass is 657 g/mol. The van der Waals surface area contributed by atoms with Crippen LogP contribution in [0.4, 0.5) is 5.82 Å². The number of carbonyl (C=O) groups is 1. The summed E-state index contributed by atoms with van der Waals surface area (Å²) in [5, 5.41) is 6.42. The van der Waals surface area contributed by atoms with E-state index in [2.05, 4.69) is 26.6 Å². The Labute approximate surface area is 273 Å². The van der Waals surface area contributed by atoms with Crippen molar-refractivity contribution in [3.63, 3.8) is 0 Å². The van der Waals surface area contributed by atoms with E-state index in [1.807, 2.05) is 63.2 Å². The number of amides is 1. The Morgan fingerprint density at radius 3 is 2.57 bits per heavy atom. The van der Waals surface area contributed by atoms with Crippen molar-refractivity contribution >= 4 is 47.7 Å². The number of ether oxygens (including phenoxy) is 2. The van der Waals surface area contributed by atoms with Crippen molar-refractivity contribution in [2.45, 2.75) is 50.8 Å². The summed E-state index contributed by atoms with van der Waals surface area (Å²) in [6.07, 6.45) is 5.68. The zero-order valence-corrected chi connectivity index (χ0v) is 28.0. The third kappa shape index (κ3) is 6.42. The first-order valence-electron chi connectivity index (χ1n) is 14.9. The number of anilines is 1. The summed E-state index contributed by atoms with van der Waals surface area (Å²) in [7, 11) is 0. The van der Waals surface area contributed by atoms with Crippen molar-refractivity contribution in [1.82, 2.24) is 20.6 Å². The van der Waals surface area contributed by atoms with Gasteiger partial charge in [-0.1, -0.05) is 0 Å². The van der Waals surface area contributed by atoms with Gasteiger partial charge in [0.05, 0.1) is 0 Å². The number of aromatic nitrogens is 2. The van der Waals surface area contributed by atoms with E-state index < -0.39 is 5.79 Å². The van der Waals surface area contributed by atoms with Crippen LogP contribution in [0.15, 0.2) is 40.2 Å². The third-order valence-corrected chi connectivity index (χ3v) is 10.4. The standard InChI is InChI=1S/C32H39N5O4S2.ClH/c1-19-15-26(42-4)25(31(39)36-19)18-35-30(38)23-16-24(21-5-6-27(34-17-21)37-11-13-43-14-12-37)29-28(20(23)2)40-32(3,41-29)22-7-9-33-10-8-22;/h5-6,15-17,22,33H,7-14,18H2,1-4H3,(H,35,38)(H,36,39);1H. The number of nitrogens with one attached hydrogen (secondary N) is 3. The van der Waals surface area contributed by atoms with Gasteiger partial charge in [-0.15, -0.1) is 24.2 Å². The molecule has 44 heavy (non-hydrogen) atoms. The Balaban J connectivity index is 0.00000384. The molecule has 2 aromatic heterocycles. The molecule has 5 heterocycles. The number of piperidine rings is 1. The minimum absolute atomic E-state index is 0. The zero-order chi connectivity index (χ0) is 30.1. The molecule has 3 aliphatic rings. The van der Waals surface area contributed by atoms with Crippen LogP contribution < -0.4 is 30.6 Å². The molecular formula is C32H40ClN5O4S2. The van der Waals surface area contributed by atoms with Crippen molar-refractivity contribution in [3.05, 3.63) is 63.2 Å². The minimum Gasteiger partial charge on any atom is -0.448 e. The average Bonchev–Trinajstić information content (AvgIpc) is 3.40. The second-order valence-corrected chi connectivity index (χ2v) is 13.6. The van der Waals surface area contributed by atoms with Gasteiger partial charge in [0.15, 0.2) is 11.5 Å². The zero-order valence-electron chi connectivity index (χ0n) is 25.6. The lowest BCUT2D eigenvalue weighted by molar-refractivity contribution is -0.117. The van der Waals surface area contributed by atoms with Crippen LogP contribution in [0.5, 0.6) is 11.5 Å². The molecule has 1 unspecified atom stereocenters. The normalized spacial score (nSPS) is 19.9. The molecule has 3 N–H and O–H groups in total. The van der Waals surface area contributed by atoms with E-state index in [-0.39, 0.29) is 36.3 Å². The quantitative estimate of drug-likeness (QED) is 0.297. The Morgan fingerprint density at radius 2 is 1.89 bits per heavy atom. The maximum Gasteiger partial charge on any atom is 0.254 e. The summed E-state index contributed by atoms with van der Waals surface area (Å²) in [6.45, 7) is 9.67. The number of aromatic amines is 1. The summed E-state index contributed by atoms with van der Waals surface area (Å²) in [4.78, 5) is 37.3. The van der Waals surface area contributed by atoms with E-state index in [9.17, 15) is 9.59 Å². The largest absolute Gasteiger partial charge is 0.448 e. The maximum absolute atomic E-state index is 13.8. The molecule has 0 saturated carbocycles. The van der Waals surface area contributed by atoms with Gasteiger partial charge >= 0.3 is 0 Å². The third-order valence-electron chi connectivity index (χ3n) is 8.69. The van der Waals surface area contributed by atoms with Gasteiger partial charge in [-0.05, 0) is 70.3 Å². The van der Waals surface area contributed by atoms with Crippen LogP contribution in [0.25, 0.3) is 11.1 Å². The molecule has 3 aliphatic heterocycles. The van der Waals surface area contributed by atoms with Crippen molar-refractivity contribution in [3.8, 4) is 22.6 Å². The number of fused-ring (bicyclic) bond motifs is 1. The molecule has 2 fully saturated rings. The van der Waals surface area contributed by atoms with Gasteiger partial charge < -0.3 is 30.0 Å². The Kier molecular flexibility index (Phi) is 10.1. The molecule has 9 nitrogen and oxygen atoms in total. The number of H-pyrrole nitrogens is 1. The number of carbonyl (C=O) groups excluding carboxylic acids is 1. The first-order chi connectivity index (χ1) is 20.8. The van der Waals surface area contributed by atoms with E-state index in [1.54, 1.807) is 0 Å². The molecule has 2 saturated heterocycles. The van der Waals surface area contributed by atoms with Gasteiger partial charge in [0, 0.05) is 88.6 Å². The van der Waals surface area contributed by atoms with E-state index in [4.69, 9.17) is 14.5 Å². The number of hydrogen-bond donors (Lipinski definition) is 3. The lowest BCUT2D eigenvalue weighted by atomic mass is 9.90. The molecule has 6 rings (SSSR count). The molecule has 1 aromatic carbocycles. The van der Waals surface area contributed by atoms with Gasteiger partial charge in [-0.3, -0.25) is 9.59 Å². The number of nitrogens with zero attached hydrogens (tertiary/aromatic N) is 2. The molecule has 0 aliphatic carbocycles. The summed E-state index contributed by atoms with van der Waals surface area (Å²) < 4.78 is 13.3. The highest BCUT2D eigenvalue weighted by Crippen LogP contribution is 2.52. The predicted octanol–water partition coefficient (Wildman–Crippen LogP) is 5.17. The lowest BCUT2D eigenvalue weighted by Crippen LogP contribution is -2.47. The van der Waals surface area contributed by atoms with Crippen LogP contribution in [0.2, 0.25) is 0 Å². The van der Waals surface area contributed by atoms with Crippen LogP contribution >= 0.6 is 35.9 Å². The van der Waals surface area contributed by atoms with E-state index in [0.29, 0.717) is 28.2 Å². The van der Waals surface area contributed by atoms with Crippen LogP contribution in [-0.2, 0) is 6.54 Å². The molecule has 12 heteroatoms. The molecule has 3 aromatic rings. The SMILES string of the molecule is CSc1cc(C)[nH]c(=O)c1CNC(=O)c1cc(-c2ccc(N3CCSCC3)nc2)c2c(c1C)OC(C)(C1CCNCC1)O2.Cl. The highest BCUT2D eigenvalue weighted by Gasteiger charge is 2.46. The maximum atomic E-state index is 13.8. The predicted molar refractivity (Wildman–Crippen MR) is 181 cm³/mol. The number of rotatable bonds is 7. The van der Waals surface area contributed by atoms with Gasteiger partial charge in [-0.25, -0.2) is 4.98 Å².